The fourth-order valence-electron chi connectivity index (χ4n) is 2.84. The van der Waals surface area contributed by atoms with Crippen molar-refractivity contribution in [3.05, 3.63) is 71.8 Å². The lowest BCUT2D eigenvalue weighted by atomic mass is 10.1. The van der Waals surface area contributed by atoms with Crippen molar-refractivity contribution in [2.24, 2.45) is 11.8 Å². The Kier molecular flexibility index (Phi) is 17.2. The predicted molar refractivity (Wildman–Crippen MR) is 138 cm³/mol. The summed E-state index contributed by atoms with van der Waals surface area (Å²) >= 11 is 0. The van der Waals surface area contributed by atoms with Crippen molar-refractivity contribution in [2.45, 2.75) is 54.0 Å². The lowest BCUT2D eigenvalue weighted by molar-refractivity contribution is 0.0775. The first-order valence-corrected chi connectivity index (χ1v) is 11.9. The van der Waals surface area contributed by atoms with Crippen molar-refractivity contribution in [3.8, 4) is 0 Å². The van der Waals surface area contributed by atoms with Gasteiger partial charge in [-0.1, -0.05) is 89.6 Å². The molecule has 4 nitrogen and oxygen atoms in total. The van der Waals surface area contributed by atoms with E-state index in [0.29, 0.717) is 18.4 Å². The molecule has 0 heterocycles. The van der Waals surface area contributed by atoms with E-state index in [-0.39, 0.29) is 5.91 Å². The molecule has 0 saturated carbocycles. The molecule has 1 amide bonds. The second-order valence-electron chi connectivity index (χ2n) is 8.86. The first-order chi connectivity index (χ1) is 15.2. The molecule has 2 rings (SSSR count). The van der Waals surface area contributed by atoms with Gasteiger partial charge in [0.2, 0.25) is 0 Å². The smallest absolute Gasteiger partial charge is 0.253 e. The van der Waals surface area contributed by atoms with Gasteiger partial charge in [0, 0.05) is 32.3 Å². The molecule has 0 aromatic heterocycles. The third kappa shape index (κ3) is 14.8. The maximum Gasteiger partial charge on any atom is 0.253 e. The second kappa shape index (κ2) is 18.4. The molecule has 0 fully saturated rings. The number of nitrogens with zero attached hydrogens (tertiary/aromatic N) is 2. The Bertz CT molecular complexity index is 689. The van der Waals surface area contributed by atoms with E-state index in [1.54, 1.807) is 4.90 Å². The van der Waals surface area contributed by atoms with E-state index >= 15 is 0 Å². The largest absolute Gasteiger partial charge is 0.396 e. The zero-order chi connectivity index (χ0) is 24.4. The van der Waals surface area contributed by atoms with Gasteiger partial charge in [-0.2, -0.15) is 0 Å². The predicted octanol–water partition coefficient (Wildman–Crippen LogP) is 5.97. The normalized spacial score (nSPS) is 11.2. The van der Waals surface area contributed by atoms with Gasteiger partial charge in [-0.25, -0.2) is 0 Å². The molecule has 180 valence electrons. The van der Waals surface area contributed by atoms with Gasteiger partial charge in [0.05, 0.1) is 0 Å². The van der Waals surface area contributed by atoms with E-state index in [2.05, 4.69) is 63.1 Å². The van der Waals surface area contributed by atoms with Gasteiger partial charge in [-0.15, -0.1) is 0 Å². The number of aliphatic hydroxyl groups is 1. The Hall–Kier alpha value is -2.17. The summed E-state index contributed by atoms with van der Waals surface area (Å²) < 4.78 is 0. The summed E-state index contributed by atoms with van der Waals surface area (Å²) in [6.07, 6.45) is 2.33. The van der Waals surface area contributed by atoms with E-state index in [0.717, 1.165) is 25.1 Å². The molecule has 32 heavy (non-hydrogen) atoms. The average molecular weight is 443 g/mol. The maximum absolute atomic E-state index is 11.9. The zero-order valence-electron chi connectivity index (χ0n) is 21.4. The topological polar surface area (TPSA) is 43.8 Å². The summed E-state index contributed by atoms with van der Waals surface area (Å²) in [5, 5.41) is 8.14. The molecule has 0 aliphatic heterocycles. The number of benzene rings is 2. The number of hydrogen-bond acceptors (Lipinski definition) is 3. The lowest BCUT2D eigenvalue weighted by Gasteiger charge is -2.20. The minimum absolute atomic E-state index is 0.107. The molecule has 0 aliphatic rings. The molecular weight excluding hydrogens is 396 g/mol. The Morgan fingerprint density at radius 2 is 1.41 bits per heavy atom. The third-order valence-corrected chi connectivity index (χ3v) is 4.92. The van der Waals surface area contributed by atoms with Gasteiger partial charge in [-0.3, -0.25) is 4.79 Å². The molecule has 0 aliphatic carbocycles. The molecule has 2 aromatic rings. The van der Waals surface area contributed by atoms with Crippen LogP contribution in [0.4, 0.5) is 0 Å². The highest BCUT2D eigenvalue weighted by atomic mass is 16.3. The van der Waals surface area contributed by atoms with Gasteiger partial charge in [0.25, 0.3) is 5.91 Å². The third-order valence-electron chi connectivity index (χ3n) is 4.92. The number of carbonyl (C=O) groups excluding carboxylic acids is 1. The van der Waals surface area contributed by atoms with E-state index < -0.39 is 0 Å². The summed E-state index contributed by atoms with van der Waals surface area (Å²) in [5.74, 6) is 1.11. The van der Waals surface area contributed by atoms with Gasteiger partial charge >= 0.3 is 0 Å². The lowest BCUT2D eigenvalue weighted by Crippen LogP contribution is -2.30. The van der Waals surface area contributed by atoms with Crippen LogP contribution in [-0.4, -0.2) is 54.6 Å². The maximum atomic E-state index is 11.9. The van der Waals surface area contributed by atoms with Crippen molar-refractivity contribution < 1.29 is 9.90 Å². The Morgan fingerprint density at radius 1 is 0.906 bits per heavy atom. The van der Waals surface area contributed by atoms with Crippen LogP contribution in [0.5, 0.6) is 0 Å². The van der Waals surface area contributed by atoms with E-state index in [4.69, 9.17) is 5.11 Å². The highest BCUT2D eigenvalue weighted by Gasteiger charge is 2.12. The van der Waals surface area contributed by atoms with Crippen LogP contribution in [0.2, 0.25) is 0 Å². The molecule has 4 heteroatoms. The van der Waals surface area contributed by atoms with Crippen LogP contribution in [0.15, 0.2) is 60.7 Å². The Morgan fingerprint density at radius 3 is 1.84 bits per heavy atom. The van der Waals surface area contributed by atoms with E-state index in [9.17, 15) is 4.79 Å². The number of hydrogen-bond donors (Lipinski definition) is 1. The fourth-order valence-corrected chi connectivity index (χ4v) is 2.84. The highest BCUT2D eigenvalue weighted by Crippen LogP contribution is 2.07. The molecule has 2 aromatic carbocycles. The second-order valence-corrected chi connectivity index (χ2v) is 8.86. The number of aliphatic hydroxyl groups excluding tert-OH is 1. The minimum Gasteiger partial charge on any atom is -0.396 e. The highest BCUT2D eigenvalue weighted by molar-refractivity contribution is 5.93. The van der Waals surface area contributed by atoms with Crippen molar-refractivity contribution in [1.82, 2.24) is 9.80 Å². The number of carbonyl (C=O) groups is 1. The zero-order valence-corrected chi connectivity index (χ0v) is 21.4. The SMILES string of the molecule is CC(C)CO.CCC(C)CN(C)C(=O)c1ccccc1.CCCN(C)Cc1ccccc1. The first-order valence-electron chi connectivity index (χ1n) is 11.9. The number of rotatable bonds is 9. The average Bonchev–Trinajstić information content (AvgIpc) is 2.80. The summed E-state index contributed by atoms with van der Waals surface area (Å²) in [7, 11) is 4.03. The fraction of sp³-hybridized carbons (Fsp3) is 0.536. The summed E-state index contributed by atoms with van der Waals surface area (Å²) in [6.45, 7) is 13.8. The molecule has 0 bridgehead atoms. The summed E-state index contributed by atoms with van der Waals surface area (Å²) in [4.78, 5) is 16.1. The van der Waals surface area contributed by atoms with Gasteiger partial charge in [-0.05, 0) is 49.5 Å². The first kappa shape index (κ1) is 29.8. The molecule has 1 atom stereocenters. The van der Waals surface area contributed by atoms with Crippen LogP contribution in [0.3, 0.4) is 0 Å². The molecule has 0 radical (unpaired) electrons. The van der Waals surface area contributed by atoms with Crippen molar-refractivity contribution in [3.63, 3.8) is 0 Å². The molecule has 0 spiro atoms. The van der Waals surface area contributed by atoms with Crippen LogP contribution >= 0.6 is 0 Å². The molecule has 1 unspecified atom stereocenters. The number of amides is 1. The summed E-state index contributed by atoms with van der Waals surface area (Å²) in [5.41, 5.74) is 2.16. The quantitative estimate of drug-likeness (QED) is 0.520. The van der Waals surface area contributed by atoms with E-state index in [1.807, 2.05) is 51.2 Å². The van der Waals surface area contributed by atoms with Crippen molar-refractivity contribution in [1.29, 1.82) is 0 Å². The van der Waals surface area contributed by atoms with Gasteiger partial charge in [0.1, 0.15) is 0 Å². The van der Waals surface area contributed by atoms with Crippen LogP contribution < -0.4 is 0 Å². The monoisotopic (exact) mass is 442 g/mol. The molecule has 1 N–H and O–H groups in total. The molecular formula is C28H46N2O2. The van der Waals surface area contributed by atoms with Crippen LogP contribution in [0.25, 0.3) is 0 Å². The van der Waals surface area contributed by atoms with Crippen LogP contribution in [0, 0.1) is 11.8 Å². The van der Waals surface area contributed by atoms with Crippen LogP contribution in [0.1, 0.15) is 63.4 Å². The van der Waals surface area contributed by atoms with Gasteiger partial charge in [0.15, 0.2) is 0 Å². The standard InChI is InChI=1S/C13H19NO.C11H17N.C4H10O/c1-4-11(2)10-14(3)13(15)12-8-6-5-7-9-12;1-3-9-12(2)10-11-7-5-4-6-8-11;1-4(2)3-5/h5-9,11H,4,10H2,1-3H3;4-8H,3,9-10H2,1-2H3;4-5H,3H2,1-2H3. The Labute approximate surface area is 197 Å². The van der Waals surface area contributed by atoms with Gasteiger partial charge < -0.3 is 14.9 Å². The Balaban J connectivity index is 0.000000505. The van der Waals surface area contributed by atoms with Crippen molar-refractivity contribution in [2.75, 3.05) is 33.8 Å². The van der Waals surface area contributed by atoms with E-state index in [1.165, 1.54) is 18.5 Å². The summed E-state index contributed by atoms with van der Waals surface area (Å²) in [6, 6.07) is 20.0. The minimum atomic E-state index is 0.107. The van der Waals surface area contributed by atoms with Crippen LogP contribution in [-0.2, 0) is 6.54 Å². The van der Waals surface area contributed by atoms with Crippen molar-refractivity contribution >= 4 is 5.91 Å². The molecule has 0 saturated heterocycles.